The molecular formula is C18H30N2O. The Balaban J connectivity index is 1.78. The number of hydrogen-bond acceptors (Lipinski definition) is 3. The second kappa shape index (κ2) is 6.53. The van der Waals surface area contributed by atoms with Gasteiger partial charge in [-0.25, -0.2) is 0 Å². The summed E-state index contributed by atoms with van der Waals surface area (Å²) in [5.74, 6) is 4.57. The number of nitrogens with one attached hydrogen (secondary N) is 1. The van der Waals surface area contributed by atoms with Crippen LogP contribution in [0.15, 0.2) is 16.5 Å². The quantitative estimate of drug-likeness (QED) is 0.894. The molecule has 4 atom stereocenters. The summed E-state index contributed by atoms with van der Waals surface area (Å²) in [7, 11) is 2.26. The molecule has 0 spiro atoms. The van der Waals surface area contributed by atoms with Crippen LogP contribution in [0.5, 0.6) is 0 Å². The van der Waals surface area contributed by atoms with Crippen LogP contribution in [-0.2, 0) is 0 Å². The molecule has 1 saturated heterocycles. The van der Waals surface area contributed by atoms with Gasteiger partial charge < -0.3 is 9.73 Å². The summed E-state index contributed by atoms with van der Waals surface area (Å²) in [4.78, 5) is 2.51. The molecule has 0 bridgehead atoms. The summed E-state index contributed by atoms with van der Waals surface area (Å²) in [6, 6.07) is 4.91. The van der Waals surface area contributed by atoms with Crippen molar-refractivity contribution in [2.24, 2.45) is 11.8 Å². The summed E-state index contributed by atoms with van der Waals surface area (Å²) in [6.07, 6.45) is 5.25. The van der Waals surface area contributed by atoms with Crippen molar-refractivity contribution in [3.63, 3.8) is 0 Å². The lowest BCUT2D eigenvalue weighted by Crippen LogP contribution is -2.34. The van der Waals surface area contributed by atoms with Crippen molar-refractivity contribution < 1.29 is 4.42 Å². The van der Waals surface area contributed by atoms with Gasteiger partial charge in [-0.3, -0.25) is 4.90 Å². The zero-order valence-corrected chi connectivity index (χ0v) is 13.8. The van der Waals surface area contributed by atoms with E-state index in [2.05, 4.69) is 43.2 Å². The van der Waals surface area contributed by atoms with Crippen molar-refractivity contribution in [1.82, 2.24) is 10.2 Å². The SMILES string of the molecule is CCNCC1CCCCN(C)C1c1ccc(C2CC2C)o1. The second-order valence-corrected chi connectivity index (χ2v) is 7.05. The van der Waals surface area contributed by atoms with Crippen molar-refractivity contribution in [2.45, 2.75) is 51.5 Å². The highest BCUT2D eigenvalue weighted by atomic mass is 16.3. The zero-order chi connectivity index (χ0) is 14.8. The lowest BCUT2D eigenvalue weighted by Gasteiger charge is -2.31. The van der Waals surface area contributed by atoms with Gasteiger partial charge in [0.1, 0.15) is 11.5 Å². The highest BCUT2D eigenvalue weighted by molar-refractivity contribution is 5.20. The molecule has 2 fully saturated rings. The van der Waals surface area contributed by atoms with Gasteiger partial charge in [0.05, 0.1) is 6.04 Å². The van der Waals surface area contributed by atoms with Crippen molar-refractivity contribution in [3.05, 3.63) is 23.7 Å². The predicted molar refractivity (Wildman–Crippen MR) is 86.5 cm³/mol. The maximum Gasteiger partial charge on any atom is 0.121 e. The molecular weight excluding hydrogens is 260 g/mol. The van der Waals surface area contributed by atoms with Crippen LogP contribution >= 0.6 is 0 Å². The van der Waals surface area contributed by atoms with Crippen LogP contribution in [0.1, 0.15) is 63.0 Å². The van der Waals surface area contributed by atoms with E-state index in [0.717, 1.165) is 19.0 Å². The second-order valence-electron chi connectivity index (χ2n) is 7.05. The third kappa shape index (κ3) is 3.35. The first-order valence-corrected chi connectivity index (χ1v) is 8.71. The Kier molecular flexibility index (Phi) is 4.70. The molecule has 1 saturated carbocycles. The lowest BCUT2D eigenvalue weighted by atomic mass is 9.93. The third-order valence-corrected chi connectivity index (χ3v) is 5.33. The van der Waals surface area contributed by atoms with E-state index in [1.165, 1.54) is 43.7 Å². The van der Waals surface area contributed by atoms with Gasteiger partial charge in [0, 0.05) is 5.92 Å². The Morgan fingerprint density at radius 3 is 2.76 bits per heavy atom. The molecule has 0 aromatic carbocycles. The summed E-state index contributed by atoms with van der Waals surface area (Å²) in [5, 5.41) is 3.55. The molecule has 1 N–H and O–H groups in total. The Morgan fingerprint density at radius 2 is 2.05 bits per heavy atom. The molecule has 3 rings (SSSR count). The van der Waals surface area contributed by atoms with Crippen molar-refractivity contribution in [1.29, 1.82) is 0 Å². The number of likely N-dealkylation sites (tertiary alicyclic amines) is 1. The van der Waals surface area contributed by atoms with Crippen LogP contribution in [-0.4, -0.2) is 31.6 Å². The normalized spacial score (nSPS) is 33.9. The lowest BCUT2D eigenvalue weighted by molar-refractivity contribution is 0.161. The minimum atomic E-state index is 0.439. The molecule has 4 unspecified atom stereocenters. The van der Waals surface area contributed by atoms with E-state index in [9.17, 15) is 0 Å². The van der Waals surface area contributed by atoms with Gasteiger partial charge in [0.25, 0.3) is 0 Å². The number of nitrogens with zero attached hydrogens (tertiary/aromatic N) is 1. The molecule has 0 amide bonds. The molecule has 1 aliphatic carbocycles. The summed E-state index contributed by atoms with van der Waals surface area (Å²) in [5.41, 5.74) is 0. The minimum absolute atomic E-state index is 0.439. The monoisotopic (exact) mass is 290 g/mol. The third-order valence-electron chi connectivity index (χ3n) is 5.33. The molecule has 1 aromatic rings. The number of rotatable bonds is 5. The molecule has 21 heavy (non-hydrogen) atoms. The topological polar surface area (TPSA) is 28.4 Å². The van der Waals surface area contributed by atoms with Crippen LogP contribution < -0.4 is 5.32 Å². The maximum atomic E-state index is 6.28. The Hall–Kier alpha value is -0.800. The highest BCUT2D eigenvalue weighted by Crippen LogP contribution is 2.48. The molecule has 2 aliphatic rings. The van der Waals surface area contributed by atoms with Gasteiger partial charge in [-0.15, -0.1) is 0 Å². The first kappa shape index (κ1) is 15.1. The fraction of sp³-hybridized carbons (Fsp3) is 0.778. The standard InChI is InChI=1S/C18H30N2O/c1-4-19-12-14-7-5-6-10-20(3)18(14)17-9-8-16(21-17)15-11-13(15)2/h8-9,13-15,18-19H,4-7,10-12H2,1-3H3. The molecule has 118 valence electrons. The summed E-state index contributed by atoms with van der Waals surface area (Å²) < 4.78 is 6.28. The average Bonchev–Trinajstić information content (AvgIpc) is 3.07. The summed E-state index contributed by atoms with van der Waals surface area (Å²) in [6.45, 7) is 7.84. The molecule has 1 aliphatic heterocycles. The van der Waals surface area contributed by atoms with Crippen molar-refractivity contribution >= 4 is 0 Å². The van der Waals surface area contributed by atoms with E-state index < -0.39 is 0 Å². The van der Waals surface area contributed by atoms with E-state index in [1.54, 1.807) is 0 Å². The maximum absolute atomic E-state index is 6.28. The van der Waals surface area contributed by atoms with Crippen molar-refractivity contribution in [2.75, 3.05) is 26.7 Å². The Labute approximate surface area is 129 Å². The molecule has 2 heterocycles. The zero-order valence-electron chi connectivity index (χ0n) is 13.8. The van der Waals surface area contributed by atoms with Crippen LogP contribution in [0, 0.1) is 11.8 Å². The van der Waals surface area contributed by atoms with Crippen molar-refractivity contribution in [3.8, 4) is 0 Å². The van der Waals surface area contributed by atoms with E-state index in [1.807, 2.05) is 0 Å². The fourth-order valence-electron chi connectivity index (χ4n) is 3.86. The molecule has 3 heteroatoms. The van der Waals surface area contributed by atoms with Crippen LogP contribution in [0.25, 0.3) is 0 Å². The Bertz CT molecular complexity index is 456. The predicted octanol–water partition coefficient (Wildman–Crippen LogP) is 3.79. The first-order chi connectivity index (χ1) is 10.2. The van der Waals surface area contributed by atoms with E-state index in [-0.39, 0.29) is 0 Å². The molecule has 1 aromatic heterocycles. The van der Waals surface area contributed by atoms with E-state index >= 15 is 0 Å². The average molecular weight is 290 g/mol. The molecule has 0 radical (unpaired) electrons. The van der Waals surface area contributed by atoms with Crippen LogP contribution in [0.2, 0.25) is 0 Å². The van der Waals surface area contributed by atoms with E-state index in [0.29, 0.717) is 17.9 Å². The summed E-state index contributed by atoms with van der Waals surface area (Å²) >= 11 is 0. The van der Waals surface area contributed by atoms with Gasteiger partial charge in [-0.2, -0.15) is 0 Å². The van der Waals surface area contributed by atoms with Crippen LogP contribution in [0.4, 0.5) is 0 Å². The van der Waals surface area contributed by atoms with Gasteiger partial charge in [0.15, 0.2) is 0 Å². The van der Waals surface area contributed by atoms with Crippen LogP contribution in [0.3, 0.4) is 0 Å². The first-order valence-electron chi connectivity index (χ1n) is 8.71. The Morgan fingerprint density at radius 1 is 1.29 bits per heavy atom. The fourth-order valence-corrected chi connectivity index (χ4v) is 3.86. The minimum Gasteiger partial charge on any atom is -0.464 e. The smallest absolute Gasteiger partial charge is 0.121 e. The van der Waals surface area contributed by atoms with Gasteiger partial charge >= 0.3 is 0 Å². The van der Waals surface area contributed by atoms with Gasteiger partial charge in [-0.1, -0.05) is 20.3 Å². The van der Waals surface area contributed by atoms with E-state index in [4.69, 9.17) is 4.42 Å². The molecule has 3 nitrogen and oxygen atoms in total. The number of furan rings is 1. The highest BCUT2D eigenvalue weighted by Gasteiger charge is 2.38. The largest absolute Gasteiger partial charge is 0.464 e. The van der Waals surface area contributed by atoms with Gasteiger partial charge in [-0.05, 0) is 69.9 Å². The van der Waals surface area contributed by atoms with Gasteiger partial charge in [0.2, 0.25) is 0 Å². The number of hydrogen-bond donors (Lipinski definition) is 1.